The zero-order valence-electron chi connectivity index (χ0n) is 28.3. The van der Waals surface area contributed by atoms with E-state index in [9.17, 15) is 18.0 Å². The quantitative estimate of drug-likeness (QED) is 0.147. The van der Waals surface area contributed by atoms with Crippen molar-refractivity contribution < 1.29 is 27.5 Å². The van der Waals surface area contributed by atoms with Crippen LogP contribution in [-0.4, -0.2) is 58.0 Å². The molecule has 1 aliphatic carbocycles. The van der Waals surface area contributed by atoms with E-state index in [0.717, 1.165) is 41.1 Å². The summed E-state index contributed by atoms with van der Waals surface area (Å²) in [5.74, 6) is -0.229. The lowest BCUT2D eigenvalue weighted by molar-refractivity contribution is -0.140. The van der Waals surface area contributed by atoms with Gasteiger partial charge in [-0.15, -0.1) is 0 Å². The highest BCUT2D eigenvalue weighted by Crippen LogP contribution is 2.34. The first kappa shape index (κ1) is 37.0. The third-order valence-electron chi connectivity index (χ3n) is 8.85. The summed E-state index contributed by atoms with van der Waals surface area (Å²) in [4.78, 5) is 30.4. The molecule has 4 aromatic rings. The molecule has 9 nitrogen and oxygen atoms in total. The third kappa shape index (κ3) is 8.91. The Hall–Kier alpha value is -4.25. The van der Waals surface area contributed by atoms with Gasteiger partial charge < -0.3 is 19.7 Å². The first-order chi connectivity index (χ1) is 24.0. The Kier molecular flexibility index (Phi) is 12.3. The molecule has 1 N–H and O–H groups in total. The zero-order chi connectivity index (χ0) is 35.8. The Labute approximate surface area is 304 Å². The minimum Gasteiger partial charge on any atom is -0.493 e. The summed E-state index contributed by atoms with van der Waals surface area (Å²) in [5, 5.41) is 3.81. The van der Waals surface area contributed by atoms with E-state index in [1.54, 1.807) is 42.5 Å². The number of methoxy groups -OCH3 is 2. The standard InChI is InChI=1S/C38H41Cl2N3O6S/c1-26-13-17-31(18-14-26)50(46,47)43(30-16-20-35(48-2)36(23-30)49-3)25-37(44)42(24-28-15-19-32(39)33(40)21-28)34(22-27-9-5-4-6-10-27)38(45)41-29-11-7-8-12-29/h4-6,9-10,13-21,23,29,34H,7-8,11-12,22,24-25H2,1-3H3,(H,41,45). The van der Waals surface area contributed by atoms with Crippen molar-refractivity contribution in [2.24, 2.45) is 0 Å². The number of halogens is 2. The molecule has 0 aromatic heterocycles. The lowest BCUT2D eigenvalue weighted by atomic mass is 10.0. The molecule has 1 saturated carbocycles. The van der Waals surface area contributed by atoms with E-state index >= 15 is 0 Å². The monoisotopic (exact) mass is 737 g/mol. The van der Waals surface area contributed by atoms with Crippen molar-refractivity contribution in [1.29, 1.82) is 0 Å². The number of ether oxygens (including phenoxy) is 2. The summed E-state index contributed by atoms with van der Waals surface area (Å²) in [7, 11) is -1.38. The molecule has 1 unspecified atom stereocenters. The summed E-state index contributed by atoms with van der Waals surface area (Å²) in [6.45, 7) is 1.21. The normalized spacial score (nSPS) is 13.8. The minimum absolute atomic E-state index is 0.00142. The van der Waals surface area contributed by atoms with Crippen molar-refractivity contribution in [2.75, 3.05) is 25.1 Å². The second kappa shape index (κ2) is 16.6. The molecule has 264 valence electrons. The van der Waals surface area contributed by atoms with Crippen LogP contribution in [-0.2, 0) is 32.6 Å². The fourth-order valence-electron chi connectivity index (χ4n) is 6.10. The van der Waals surface area contributed by atoms with Gasteiger partial charge in [0.25, 0.3) is 10.0 Å². The zero-order valence-corrected chi connectivity index (χ0v) is 30.6. The van der Waals surface area contributed by atoms with Gasteiger partial charge in [-0.1, -0.05) is 90.1 Å². The molecule has 1 atom stereocenters. The fraction of sp³-hybridized carbons (Fsp3) is 0.316. The average Bonchev–Trinajstić information content (AvgIpc) is 3.63. The predicted molar refractivity (Wildman–Crippen MR) is 197 cm³/mol. The molecule has 12 heteroatoms. The van der Waals surface area contributed by atoms with Crippen molar-refractivity contribution in [1.82, 2.24) is 10.2 Å². The van der Waals surface area contributed by atoms with Crippen molar-refractivity contribution >= 4 is 50.7 Å². The van der Waals surface area contributed by atoms with Gasteiger partial charge in [-0.25, -0.2) is 8.42 Å². The topological polar surface area (TPSA) is 105 Å². The Morgan fingerprint density at radius 1 is 0.840 bits per heavy atom. The first-order valence-electron chi connectivity index (χ1n) is 16.4. The maximum atomic E-state index is 14.8. The summed E-state index contributed by atoms with van der Waals surface area (Å²) < 4.78 is 40.7. The second-order valence-electron chi connectivity index (χ2n) is 12.3. The van der Waals surface area contributed by atoms with Gasteiger partial charge in [0.15, 0.2) is 11.5 Å². The largest absolute Gasteiger partial charge is 0.493 e. The predicted octanol–water partition coefficient (Wildman–Crippen LogP) is 7.21. The molecule has 50 heavy (non-hydrogen) atoms. The lowest BCUT2D eigenvalue weighted by Gasteiger charge is -2.34. The number of sulfonamides is 1. The van der Waals surface area contributed by atoms with Crippen LogP contribution in [0.4, 0.5) is 5.69 Å². The Balaban J connectivity index is 1.61. The highest BCUT2D eigenvalue weighted by Gasteiger charge is 2.36. The fourth-order valence-corrected chi connectivity index (χ4v) is 7.83. The van der Waals surface area contributed by atoms with E-state index < -0.39 is 28.5 Å². The number of hydrogen-bond acceptors (Lipinski definition) is 6. The lowest BCUT2D eigenvalue weighted by Crippen LogP contribution is -2.54. The van der Waals surface area contributed by atoms with Crippen molar-refractivity contribution in [3.8, 4) is 11.5 Å². The number of aryl methyl sites for hydroxylation is 1. The van der Waals surface area contributed by atoms with E-state index in [2.05, 4.69) is 5.32 Å². The van der Waals surface area contributed by atoms with Crippen LogP contribution in [0.15, 0.2) is 95.9 Å². The van der Waals surface area contributed by atoms with Gasteiger partial charge >= 0.3 is 0 Å². The smallest absolute Gasteiger partial charge is 0.264 e. The molecule has 1 aliphatic rings. The van der Waals surface area contributed by atoms with Crippen LogP contribution in [0.2, 0.25) is 10.0 Å². The molecule has 0 aliphatic heterocycles. The van der Waals surface area contributed by atoms with Crippen LogP contribution in [0.25, 0.3) is 0 Å². The van der Waals surface area contributed by atoms with E-state index in [1.165, 1.54) is 37.3 Å². The number of anilines is 1. The van der Waals surface area contributed by atoms with Gasteiger partial charge in [0.2, 0.25) is 11.8 Å². The summed E-state index contributed by atoms with van der Waals surface area (Å²) in [5.41, 5.74) is 2.53. The number of carbonyl (C=O) groups is 2. The van der Waals surface area contributed by atoms with E-state index in [1.807, 2.05) is 37.3 Å². The molecule has 0 heterocycles. The molecular weight excluding hydrogens is 697 g/mol. The number of amides is 2. The van der Waals surface area contributed by atoms with Crippen LogP contribution in [0.1, 0.15) is 42.4 Å². The number of benzene rings is 4. The maximum absolute atomic E-state index is 14.8. The molecule has 0 radical (unpaired) electrons. The second-order valence-corrected chi connectivity index (χ2v) is 15.0. The van der Waals surface area contributed by atoms with E-state index in [0.29, 0.717) is 21.4 Å². The van der Waals surface area contributed by atoms with Crippen LogP contribution in [0.5, 0.6) is 11.5 Å². The molecule has 0 bridgehead atoms. The number of nitrogens with zero attached hydrogens (tertiary/aromatic N) is 2. The molecular formula is C38H41Cl2N3O6S. The van der Waals surface area contributed by atoms with E-state index in [-0.39, 0.29) is 41.2 Å². The number of carbonyl (C=O) groups excluding carboxylic acids is 2. The number of hydrogen-bond donors (Lipinski definition) is 1. The highest BCUT2D eigenvalue weighted by atomic mass is 35.5. The van der Waals surface area contributed by atoms with Gasteiger partial charge in [-0.05, 0) is 67.3 Å². The Morgan fingerprint density at radius 2 is 1.52 bits per heavy atom. The van der Waals surface area contributed by atoms with Gasteiger partial charge in [0, 0.05) is 25.1 Å². The molecule has 1 fully saturated rings. The van der Waals surface area contributed by atoms with Gasteiger partial charge in [0.1, 0.15) is 12.6 Å². The highest BCUT2D eigenvalue weighted by molar-refractivity contribution is 7.92. The van der Waals surface area contributed by atoms with Crippen molar-refractivity contribution in [3.05, 3.63) is 118 Å². The first-order valence-corrected chi connectivity index (χ1v) is 18.6. The Morgan fingerprint density at radius 3 is 2.16 bits per heavy atom. The average molecular weight is 739 g/mol. The van der Waals surface area contributed by atoms with Crippen LogP contribution < -0.4 is 19.1 Å². The molecule has 0 saturated heterocycles. The molecule has 0 spiro atoms. The molecule has 5 rings (SSSR count). The maximum Gasteiger partial charge on any atom is 0.264 e. The van der Waals surface area contributed by atoms with Gasteiger partial charge in [0.05, 0.1) is 34.8 Å². The van der Waals surface area contributed by atoms with Gasteiger partial charge in [-0.2, -0.15) is 0 Å². The van der Waals surface area contributed by atoms with Crippen LogP contribution in [0, 0.1) is 6.92 Å². The summed E-state index contributed by atoms with van der Waals surface area (Å²) in [6.07, 6.45) is 3.93. The number of rotatable bonds is 14. The number of nitrogens with one attached hydrogen (secondary N) is 1. The Bertz CT molecular complexity index is 1900. The van der Waals surface area contributed by atoms with Crippen molar-refractivity contribution in [2.45, 2.75) is 62.6 Å². The van der Waals surface area contributed by atoms with E-state index in [4.69, 9.17) is 32.7 Å². The van der Waals surface area contributed by atoms with Gasteiger partial charge in [-0.3, -0.25) is 13.9 Å². The molecule has 2 amide bonds. The minimum atomic E-state index is -4.30. The summed E-state index contributed by atoms with van der Waals surface area (Å²) in [6, 6.07) is 24.5. The van der Waals surface area contributed by atoms with Crippen molar-refractivity contribution in [3.63, 3.8) is 0 Å². The summed E-state index contributed by atoms with van der Waals surface area (Å²) >= 11 is 12.6. The third-order valence-corrected chi connectivity index (χ3v) is 11.4. The van der Waals surface area contributed by atoms with Crippen LogP contribution in [0.3, 0.4) is 0 Å². The van der Waals surface area contributed by atoms with Crippen LogP contribution >= 0.6 is 23.2 Å². The molecule has 4 aromatic carbocycles. The SMILES string of the molecule is COc1ccc(N(CC(=O)N(Cc2ccc(Cl)c(Cl)c2)C(Cc2ccccc2)C(=O)NC2CCCC2)S(=O)(=O)c2ccc(C)cc2)cc1OC.